The smallest absolute Gasteiger partial charge is 0.0586 e. The Morgan fingerprint density at radius 3 is 2.30 bits per heavy atom. The van der Waals surface area contributed by atoms with E-state index in [1.54, 1.807) is 0 Å². The number of rotatable bonds is 1. The van der Waals surface area contributed by atoms with Gasteiger partial charge in [0, 0.05) is 12.1 Å². The molecule has 1 saturated heterocycles. The Bertz CT molecular complexity index is 116. The second kappa shape index (κ2) is 2.89. The zero-order chi connectivity index (χ0) is 7.72. The number of hydrogen-bond acceptors (Lipinski definition) is 2. The van der Waals surface area contributed by atoms with Crippen LogP contribution in [-0.4, -0.2) is 35.7 Å². The van der Waals surface area contributed by atoms with Crippen LogP contribution in [-0.2, 0) is 0 Å². The molecular formula is C8H17NO. The van der Waals surface area contributed by atoms with Gasteiger partial charge in [-0.15, -0.1) is 0 Å². The van der Waals surface area contributed by atoms with Crippen LogP contribution >= 0.6 is 0 Å². The van der Waals surface area contributed by atoms with Crippen molar-refractivity contribution in [2.24, 2.45) is 5.92 Å². The largest absolute Gasteiger partial charge is 0.395 e. The summed E-state index contributed by atoms with van der Waals surface area (Å²) >= 11 is 0. The van der Waals surface area contributed by atoms with Crippen molar-refractivity contribution in [2.75, 3.05) is 13.7 Å². The fourth-order valence-electron chi connectivity index (χ4n) is 1.73. The maximum atomic E-state index is 8.93. The molecule has 2 heteroatoms. The van der Waals surface area contributed by atoms with Gasteiger partial charge in [-0.25, -0.2) is 0 Å². The number of likely N-dealkylation sites (N-methyl/N-ethyl adjacent to an activating group) is 1. The van der Waals surface area contributed by atoms with Crippen LogP contribution in [0.1, 0.15) is 20.3 Å². The highest BCUT2D eigenvalue weighted by Gasteiger charge is 2.32. The van der Waals surface area contributed by atoms with Crippen LogP contribution < -0.4 is 0 Å². The third kappa shape index (κ3) is 1.18. The Morgan fingerprint density at radius 1 is 1.50 bits per heavy atom. The summed E-state index contributed by atoms with van der Waals surface area (Å²) in [6.07, 6.45) is 1.15. The number of likely N-dealkylation sites (tertiary alicyclic amines) is 1. The summed E-state index contributed by atoms with van der Waals surface area (Å²) in [6.45, 7) is 4.78. The summed E-state index contributed by atoms with van der Waals surface area (Å²) < 4.78 is 0. The van der Waals surface area contributed by atoms with Gasteiger partial charge in [-0.2, -0.15) is 0 Å². The first-order valence-corrected chi connectivity index (χ1v) is 3.99. The first-order valence-electron chi connectivity index (χ1n) is 3.99. The van der Waals surface area contributed by atoms with Gasteiger partial charge in [0.15, 0.2) is 0 Å². The molecule has 1 aliphatic rings. The summed E-state index contributed by atoms with van der Waals surface area (Å²) in [5.74, 6) is 0.738. The van der Waals surface area contributed by atoms with Crippen molar-refractivity contribution < 1.29 is 5.11 Å². The lowest BCUT2D eigenvalue weighted by molar-refractivity contribution is 0.159. The fraction of sp³-hybridized carbons (Fsp3) is 1.00. The number of hydrogen-bond donors (Lipinski definition) is 1. The van der Waals surface area contributed by atoms with Crippen LogP contribution in [0.4, 0.5) is 0 Å². The summed E-state index contributed by atoms with van der Waals surface area (Å²) in [4.78, 5) is 2.27. The Hall–Kier alpha value is -0.0800. The Labute approximate surface area is 62.8 Å². The van der Waals surface area contributed by atoms with E-state index in [9.17, 15) is 0 Å². The molecule has 0 amide bonds. The highest BCUT2D eigenvalue weighted by atomic mass is 16.3. The van der Waals surface area contributed by atoms with Crippen molar-refractivity contribution in [1.29, 1.82) is 0 Å². The van der Waals surface area contributed by atoms with Crippen molar-refractivity contribution in [3.8, 4) is 0 Å². The molecule has 10 heavy (non-hydrogen) atoms. The number of nitrogens with zero attached hydrogens (tertiary/aromatic N) is 1. The maximum absolute atomic E-state index is 8.93. The van der Waals surface area contributed by atoms with Gasteiger partial charge in [0.05, 0.1) is 6.61 Å². The Balaban J connectivity index is 2.53. The summed E-state index contributed by atoms with van der Waals surface area (Å²) in [5.41, 5.74) is 0. The molecule has 0 aliphatic carbocycles. The molecule has 60 valence electrons. The summed E-state index contributed by atoms with van der Waals surface area (Å²) in [7, 11) is 2.09. The monoisotopic (exact) mass is 143 g/mol. The number of aliphatic hydroxyl groups is 1. The lowest BCUT2D eigenvalue weighted by Gasteiger charge is -2.21. The van der Waals surface area contributed by atoms with E-state index in [0.717, 1.165) is 12.3 Å². The minimum atomic E-state index is 0.311. The molecule has 3 atom stereocenters. The van der Waals surface area contributed by atoms with Crippen molar-refractivity contribution >= 4 is 0 Å². The van der Waals surface area contributed by atoms with E-state index in [-0.39, 0.29) is 0 Å². The van der Waals surface area contributed by atoms with Crippen LogP contribution in [0, 0.1) is 5.92 Å². The van der Waals surface area contributed by atoms with Crippen LogP contribution in [0.15, 0.2) is 0 Å². The van der Waals surface area contributed by atoms with Crippen LogP contribution in [0.2, 0.25) is 0 Å². The van der Waals surface area contributed by atoms with Gasteiger partial charge in [0.1, 0.15) is 0 Å². The SMILES string of the molecule is CC1CC(CO)N(C)C1C. The van der Waals surface area contributed by atoms with Crippen LogP contribution in [0.3, 0.4) is 0 Å². The second-order valence-electron chi connectivity index (χ2n) is 3.46. The van der Waals surface area contributed by atoms with Crippen LogP contribution in [0.5, 0.6) is 0 Å². The third-order valence-corrected chi connectivity index (χ3v) is 2.90. The minimum Gasteiger partial charge on any atom is -0.395 e. The van der Waals surface area contributed by atoms with E-state index in [2.05, 4.69) is 25.8 Å². The molecule has 1 fully saturated rings. The van der Waals surface area contributed by atoms with Gasteiger partial charge >= 0.3 is 0 Å². The van der Waals surface area contributed by atoms with E-state index < -0.39 is 0 Å². The molecular weight excluding hydrogens is 126 g/mol. The first-order chi connectivity index (χ1) is 4.66. The van der Waals surface area contributed by atoms with Crippen molar-refractivity contribution in [3.63, 3.8) is 0 Å². The van der Waals surface area contributed by atoms with E-state index in [4.69, 9.17) is 5.11 Å². The maximum Gasteiger partial charge on any atom is 0.0586 e. The molecule has 0 radical (unpaired) electrons. The molecule has 0 bridgehead atoms. The number of aliphatic hydroxyl groups excluding tert-OH is 1. The first kappa shape index (κ1) is 8.02. The van der Waals surface area contributed by atoms with Crippen molar-refractivity contribution in [3.05, 3.63) is 0 Å². The van der Waals surface area contributed by atoms with Gasteiger partial charge in [-0.05, 0) is 26.3 Å². The Morgan fingerprint density at radius 2 is 2.10 bits per heavy atom. The highest BCUT2D eigenvalue weighted by Crippen LogP contribution is 2.26. The molecule has 1 N–H and O–H groups in total. The van der Waals surface area contributed by atoms with Gasteiger partial charge in [-0.3, -0.25) is 4.90 Å². The van der Waals surface area contributed by atoms with E-state index >= 15 is 0 Å². The predicted octanol–water partition coefficient (Wildman–Crippen LogP) is 0.707. The standard InChI is InChI=1S/C8H17NO/c1-6-4-8(5-10)9(3)7(6)2/h6-8,10H,4-5H2,1-3H3. The van der Waals surface area contributed by atoms with Gasteiger partial charge in [0.2, 0.25) is 0 Å². The molecule has 1 heterocycles. The molecule has 0 saturated carbocycles. The highest BCUT2D eigenvalue weighted by molar-refractivity contribution is 4.86. The van der Waals surface area contributed by atoms with Crippen molar-refractivity contribution in [1.82, 2.24) is 4.90 Å². The lowest BCUT2D eigenvalue weighted by Crippen LogP contribution is -2.33. The Kier molecular flexibility index (Phi) is 2.32. The lowest BCUT2D eigenvalue weighted by atomic mass is 10.0. The summed E-state index contributed by atoms with van der Waals surface area (Å²) in [5, 5.41) is 8.93. The van der Waals surface area contributed by atoms with E-state index in [0.29, 0.717) is 18.7 Å². The average Bonchev–Trinajstić information content (AvgIpc) is 2.17. The van der Waals surface area contributed by atoms with Gasteiger partial charge < -0.3 is 5.11 Å². The molecule has 1 rings (SSSR count). The molecule has 1 aliphatic heterocycles. The molecule has 0 aromatic rings. The zero-order valence-corrected chi connectivity index (χ0v) is 7.04. The van der Waals surface area contributed by atoms with Crippen LogP contribution in [0.25, 0.3) is 0 Å². The van der Waals surface area contributed by atoms with Crippen molar-refractivity contribution in [2.45, 2.75) is 32.4 Å². The molecule has 0 aromatic carbocycles. The third-order valence-electron chi connectivity index (χ3n) is 2.90. The molecule has 0 aromatic heterocycles. The predicted molar refractivity (Wildman–Crippen MR) is 41.9 cm³/mol. The molecule has 3 unspecified atom stereocenters. The normalized spacial score (nSPS) is 42.6. The quantitative estimate of drug-likeness (QED) is 0.584. The summed E-state index contributed by atoms with van der Waals surface area (Å²) in [6, 6.07) is 1.04. The second-order valence-corrected chi connectivity index (χ2v) is 3.46. The fourth-order valence-corrected chi connectivity index (χ4v) is 1.73. The topological polar surface area (TPSA) is 23.5 Å². The molecule has 2 nitrogen and oxygen atoms in total. The van der Waals surface area contributed by atoms with E-state index in [1.165, 1.54) is 0 Å². The van der Waals surface area contributed by atoms with E-state index in [1.807, 2.05) is 0 Å². The average molecular weight is 143 g/mol. The zero-order valence-electron chi connectivity index (χ0n) is 7.04. The molecule has 0 spiro atoms. The minimum absolute atomic E-state index is 0.311. The van der Waals surface area contributed by atoms with Gasteiger partial charge in [-0.1, -0.05) is 6.92 Å². The van der Waals surface area contributed by atoms with Gasteiger partial charge in [0.25, 0.3) is 0 Å².